The SMILES string of the molecule is CN(C)C(=O)c1ccc(-c2cnc(N)c(C(=N)OC(=N)c3ccc(CNC(=O)OC(C)(C)C)cc3)n2)cc1.[HH].[HH].[HH]. The summed E-state index contributed by atoms with van der Waals surface area (Å²) < 4.78 is 10.6. The fraction of sp³-hybridized carbons (Fsp3) is 0.259. The first kappa shape index (κ1) is 27.8. The molecule has 0 radical (unpaired) electrons. The third kappa shape index (κ3) is 7.36. The zero-order valence-electron chi connectivity index (χ0n) is 22.0. The van der Waals surface area contributed by atoms with E-state index in [4.69, 9.17) is 26.0 Å². The van der Waals surface area contributed by atoms with Crippen LogP contribution >= 0.6 is 0 Å². The van der Waals surface area contributed by atoms with E-state index in [0.29, 0.717) is 22.4 Å². The number of nitrogens with zero attached hydrogens (tertiary/aromatic N) is 3. The number of rotatable bonds is 6. The van der Waals surface area contributed by atoms with Crippen molar-refractivity contribution in [3.63, 3.8) is 0 Å². The lowest BCUT2D eigenvalue weighted by Gasteiger charge is -2.19. The second-order valence-corrected chi connectivity index (χ2v) is 9.58. The van der Waals surface area contributed by atoms with Crippen LogP contribution in [0.5, 0.6) is 0 Å². The number of ether oxygens (including phenoxy) is 2. The minimum Gasteiger partial charge on any atom is -0.444 e. The molecule has 0 unspecified atom stereocenters. The molecule has 5 N–H and O–H groups in total. The molecule has 0 saturated carbocycles. The molecule has 11 nitrogen and oxygen atoms in total. The fourth-order valence-corrected chi connectivity index (χ4v) is 3.22. The first-order valence-corrected chi connectivity index (χ1v) is 11.7. The summed E-state index contributed by atoms with van der Waals surface area (Å²) >= 11 is 0. The van der Waals surface area contributed by atoms with Crippen molar-refractivity contribution in [1.82, 2.24) is 20.2 Å². The number of carbonyl (C=O) groups is 2. The topological polar surface area (TPSA) is 167 Å². The van der Waals surface area contributed by atoms with Gasteiger partial charge in [0.05, 0.1) is 11.9 Å². The van der Waals surface area contributed by atoms with Gasteiger partial charge in [-0.15, -0.1) is 0 Å². The third-order valence-electron chi connectivity index (χ3n) is 5.11. The lowest BCUT2D eigenvalue weighted by molar-refractivity contribution is 0.0523. The number of nitrogens with two attached hydrogens (primary N) is 1. The number of aromatic nitrogens is 2. The summed E-state index contributed by atoms with van der Waals surface area (Å²) in [5, 5.41) is 19.2. The summed E-state index contributed by atoms with van der Waals surface area (Å²) in [5.41, 5.74) is 8.17. The Kier molecular flexibility index (Phi) is 8.41. The number of carbonyl (C=O) groups excluding carboxylic acids is 2. The third-order valence-corrected chi connectivity index (χ3v) is 5.11. The van der Waals surface area contributed by atoms with Crippen LogP contribution in [0.1, 0.15) is 52.2 Å². The molecular formula is C27H37N7O4. The highest BCUT2D eigenvalue weighted by Crippen LogP contribution is 2.20. The van der Waals surface area contributed by atoms with E-state index in [1.807, 2.05) is 0 Å². The molecule has 1 aromatic heterocycles. The summed E-state index contributed by atoms with van der Waals surface area (Å²) in [6.45, 7) is 5.61. The predicted molar refractivity (Wildman–Crippen MR) is 150 cm³/mol. The van der Waals surface area contributed by atoms with E-state index in [1.54, 1.807) is 83.4 Å². The number of benzene rings is 2. The van der Waals surface area contributed by atoms with E-state index in [2.05, 4.69) is 15.3 Å². The van der Waals surface area contributed by atoms with Gasteiger partial charge in [0.15, 0.2) is 11.5 Å². The quantitative estimate of drug-likeness (QED) is 0.271. The number of hydrogen-bond donors (Lipinski definition) is 4. The van der Waals surface area contributed by atoms with Crippen LogP contribution in [0.25, 0.3) is 11.3 Å². The second kappa shape index (κ2) is 11.5. The lowest BCUT2D eigenvalue weighted by atomic mass is 10.1. The molecule has 38 heavy (non-hydrogen) atoms. The zero-order chi connectivity index (χ0) is 28.0. The van der Waals surface area contributed by atoms with Crippen molar-refractivity contribution in [3.05, 3.63) is 77.1 Å². The summed E-state index contributed by atoms with van der Waals surface area (Å²) in [4.78, 5) is 33.9. The molecule has 3 rings (SSSR count). The number of anilines is 1. The van der Waals surface area contributed by atoms with Gasteiger partial charge in [-0.1, -0.05) is 24.3 Å². The van der Waals surface area contributed by atoms with Gasteiger partial charge in [0.25, 0.3) is 5.91 Å². The van der Waals surface area contributed by atoms with Crippen molar-refractivity contribution >= 4 is 29.6 Å². The fourth-order valence-electron chi connectivity index (χ4n) is 3.22. The van der Waals surface area contributed by atoms with Crippen molar-refractivity contribution < 1.29 is 23.3 Å². The van der Waals surface area contributed by atoms with Gasteiger partial charge in [-0.25, -0.2) is 14.8 Å². The normalized spacial score (nSPS) is 10.9. The number of nitrogens with one attached hydrogen (secondary N) is 3. The molecule has 2 aromatic carbocycles. The molecule has 0 atom stereocenters. The minimum atomic E-state index is -0.588. The van der Waals surface area contributed by atoms with Crippen LogP contribution in [0, 0.1) is 10.8 Å². The number of amides is 2. The van der Waals surface area contributed by atoms with Gasteiger partial charge in [-0.05, 0) is 50.6 Å². The molecule has 11 heteroatoms. The van der Waals surface area contributed by atoms with E-state index < -0.39 is 17.6 Å². The molecule has 0 fully saturated rings. The molecule has 3 aromatic rings. The standard InChI is InChI=1S/C27H31N7O4.3H2/c1-27(2,3)38-26(36)32-14-16-6-8-18(9-7-16)23(29)37-24(30)21-22(28)31-15-20(33-21)17-10-12-19(13-11-17)25(35)34(4)5;;;/h6-13,15,29-30H,14H2,1-5H3,(H2,28,31)(H,32,36);3*1H. The van der Waals surface area contributed by atoms with Crippen LogP contribution in [-0.4, -0.2) is 58.4 Å². The van der Waals surface area contributed by atoms with Gasteiger partial charge in [0.2, 0.25) is 11.8 Å². The minimum absolute atomic E-state index is 0. The van der Waals surface area contributed by atoms with Crippen LogP contribution < -0.4 is 11.1 Å². The Labute approximate surface area is 225 Å². The average molecular weight is 524 g/mol. The first-order chi connectivity index (χ1) is 17.8. The predicted octanol–water partition coefficient (Wildman–Crippen LogP) is 4.56. The van der Waals surface area contributed by atoms with Crippen molar-refractivity contribution in [3.8, 4) is 11.3 Å². The van der Waals surface area contributed by atoms with Crippen molar-refractivity contribution in [2.45, 2.75) is 32.9 Å². The molecule has 0 aliphatic heterocycles. The van der Waals surface area contributed by atoms with Crippen LogP contribution in [0.15, 0.2) is 54.7 Å². The van der Waals surface area contributed by atoms with Gasteiger partial charge < -0.3 is 25.4 Å². The van der Waals surface area contributed by atoms with Crippen LogP contribution in [0.3, 0.4) is 0 Å². The molecule has 0 aliphatic rings. The number of nitrogen functional groups attached to an aromatic ring is 1. The Hall–Kier alpha value is -4.80. The van der Waals surface area contributed by atoms with Crippen LogP contribution in [0.2, 0.25) is 0 Å². The molecule has 0 spiro atoms. The monoisotopic (exact) mass is 523 g/mol. The van der Waals surface area contributed by atoms with Gasteiger partial charge in [-0.3, -0.25) is 15.6 Å². The van der Waals surface area contributed by atoms with Crippen molar-refractivity contribution in [2.75, 3.05) is 19.8 Å². The Morgan fingerprint density at radius 1 is 1.00 bits per heavy atom. The largest absolute Gasteiger partial charge is 0.444 e. The summed E-state index contributed by atoms with van der Waals surface area (Å²) in [6.07, 6.45) is 0.939. The van der Waals surface area contributed by atoms with E-state index >= 15 is 0 Å². The van der Waals surface area contributed by atoms with E-state index in [-0.39, 0.29) is 34.1 Å². The highest BCUT2D eigenvalue weighted by molar-refractivity contribution is 6.05. The van der Waals surface area contributed by atoms with Crippen molar-refractivity contribution in [2.24, 2.45) is 0 Å². The smallest absolute Gasteiger partial charge is 0.407 e. The van der Waals surface area contributed by atoms with Crippen LogP contribution in [0.4, 0.5) is 10.6 Å². The Balaban J connectivity index is 0.00000533. The van der Waals surface area contributed by atoms with E-state index in [1.165, 1.54) is 11.1 Å². The lowest BCUT2D eigenvalue weighted by Crippen LogP contribution is -2.32. The maximum absolute atomic E-state index is 12.1. The van der Waals surface area contributed by atoms with Gasteiger partial charge in [0.1, 0.15) is 5.60 Å². The maximum Gasteiger partial charge on any atom is 0.407 e. The summed E-state index contributed by atoms with van der Waals surface area (Å²) in [5.74, 6) is -0.854. The van der Waals surface area contributed by atoms with E-state index in [9.17, 15) is 9.59 Å². The Morgan fingerprint density at radius 3 is 2.18 bits per heavy atom. The second-order valence-electron chi connectivity index (χ2n) is 9.58. The summed E-state index contributed by atoms with van der Waals surface area (Å²) in [7, 11) is 3.35. The average Bonchev–Trinajstić information content (AvgIpc) is 2.86. The highest BCUT2D eigenvalue weighted by atomic mass is 16.6. The van der Waals surface area contributed by atoms with Gasteiger partial charge in [-0.2, -0.15) is 0 Å². The number of hydrogen-bond acceptors (Lipinski definition) is 9. The van der Waals surface area contributed by atoms with Gasteiger partial charge in [0, 0.05) is 41.6 Å². The molecule has 0 saturated heterocycles. The molecular weight excluding hydrogens is 486 g/mol. The zero-order valence-corrected chi connectivity index (χ0v) is 22.0. The molecule has 2 amide bonds. The molecule has 0 bridgehead atoms. The molecule has 1 heterocycles. The maximum atomic E-state index is 12.1. The van der Waals surface area contributed by atoms with Crippen molar-refractivity contribution in [1.29, 1.82) is 10.8 Å². The molecule has 204 valence electrons. The van der Waals surface area contributed by atoms with E-state index in [0.717, 1.165) is 5.56 Å². The molecule has 0 aliphatic carbocycles. The first-order valence-electron chi connectivity index (χ1n) is 11.7. The highest BCUT2D eigenvalue weighted by Gasteiger charge is 2.18. The van der Waals surface area contributed by atoms with Gasteiger partial charge >= 0.3 is 6.09 Å². The van der Waals surface area contributed by atoms with Crippen LogP contribution in [-0.2, 0) is 16.0 Å². The Bertz CT molecular complexity index is 1360. The number of alkyl carbamates (subject to hydrolysis) is 1. The summed E-state index contributed by atoms with van der Waals surface area (Å²) in [6, 6.07) is 13.6. The Morgan fingerprint density at radius 2 is 1.61 bits per heavy atom.